The lowest BCUT2D eigenvalue weighted by Crippen LogP contribution is -2.36. The third-order valence-corrected chi connectivity index (χ3v) is 4.47. The molecule has 0 spiro atoms. The molecule has 0 aliphatic heterocycles. The van der Waals surface area contributed by atoms with Crippen LogP contribution in [0.2, 0.25) is 0 Å². The summed E-state index contributed by atoms with van der Waals surface area (Å²) in [6, 6.07) is 5.69. The number of ether oxygens (including phenoxy) is 1. The Bertz CT molecular complexity index is 815. The number of unbranched alkanes of at least 4 members (excludes halogenated alkanes) is 1. The molecule has 0 aliphatic rings. The molecule has 0 atom stereocenters. The molecule has 0 radical (unpaired) electrons. The first-order chi connectivity index (χ1) is 10.2. The number of benzene rings is 1. The van der Waals surface area contributed by atoms with E-state index >= 15 is 0 Å². The van der Waals surface area contributed by atoms with Crippen molar-refractivity contribution in [2.24, 2.45) is 0 Å². The zero-order valence-corrected chi connectivity index (χ0v) is 13.3. The van der Waals surface area contributed by atoms with Gasteiger partial charge in [0.25, 0.3) is 0 Å². The molecule has 1 heterocycles. The van der Waals surface area contributed by atoms with E-state index in [0.717, 1.165) is 33.2 Å². The van der Waals surface area contributed by atoms with E-state index in [4.69, 9.17) is 4.74 Å². The van der Waals surface area contributed by atoms with E-state index in [9.17, 15) is 4.79 Å². The molecule has 0 saturated heterocycles. The zero-order chi connectivity index (χ0) is 15.2. The Balaban J connectivity index is 2.60. The summed E-state index contributed by atoms with van der Waals surface area (Å²) in [5.74, 6) is 0.828. The fraction of sp³-hybridized carbons (Fsp3) is 0.278. The molecule has 0 N–H and O–H groups in total. The third kappa shape index (κ3) is 3.42. The fourth-order valence-electron chi connectivity index (χ4n) is 2.12. The normalized spacial score (nSPS) is 12.9. The second kappa shape index (κ2) is 7.23. The number of hydrogen-bond acceptors (Lipinski definition) is 3. The molecule has 0 saturated carbocycles. The van der Waals surface area contributed by atoms with E-state index in [0.29, 0.717) is 11.8 Å². The second-order valence-electron chi connectivity index (χ2n) is 4.76. The highest BCUT2D eigenvalue weighted by atomic mass is 32.1. The largest absolute Gasteiger partial charge is 0.494 e. The standard InChI is InChI=1S/C18H20O2S/c1-4-7-11-20-13-9-10-15-17(12-13)21-16(6-3)14(8-5-2)18(15)19/h5-6,8-10,12H,2,4,7,11H2,1,3H3/b14-8+,16-6+. The number of fused-ring (bicyclic) bond motifs is 1. The summed E-state index contributed by atoms with van der Waals surface area (Å²) >= 11 is 1.61. The predicted octanol–water partition coefficient (Wildman–Crippen LogP) is 3.21. The first kappa shape index (κ1) is 15.5. The lowest BCUT2D eigenvalue weighted by molar-refractivity contribution is 0.310. The highest BCUT2D eigenvalue weighted by Gasteiger charge is 2.04. The molecule has 0 amide bonds. The first-order valence-electron chi connectivity index (χ1n) is 7.20. The summed E-state index contributed by atoms with van der Waals surface area (Å²) in [5.41, 5.74) is 0.0526. The van der Waals surface area contributed by atoms with Crippen LogP contribution in [0.3, 0.4) is 0 Å². The van der Waals surface area contributed by atoms with Crippen LogP contribution >= 0.6 is 11.3 Å². The van der Waals surface area contributed by atoms with Crippen molar-refractivity contribution >= 4 is 33.6 Å². The quantitative estimate of drug-likeness (QED) is 0.793. The predicted molar refractivity (Wildman–Crippen MR) is 92.5 cm³/mol. The summed E-state index contributed by atoms with van der Waals surface area (Å²) in [6.07, 6.45) is 7.54. The van der Waals surface area contributed by atoms with Gasteiger partial charge in [0.15, 0.2) is 5.43 Å². The molecular weight excluding hydrogens is 280 g/mol. The Morgan fingerprint density at radius 1 is 1.38 bits per heavy atom. The molecule has 0 fully saturated rings. The van der Waals surface area contributed by atoms with Gasteiger partial charge in [-0.2, -0.15) is 0 Å². The van der Waals surface area contributed by atoms with Crippen LogP contribution in [0.5, 0.6) is 5.75 Å². The summed E-state index contributed by atoms with van der Waals surface area (Å²) in [4.78, 5) is 12.5. The number of allylic oxidation sites excluding steroid dienone is 1. The van der Waals surface area contributed by atoms with Gasteiger partial charge in [-0.3, -0.25) is 4.79 Å². The molecular formula is C18H20O2S. The van der Waals surface area contributed by atoms with Crippen LogP contribution in [-0.4, -0.2) is 6.61 Å². The summed E-state index contributed by atoms with van der Waals surface area (Å²) < 4.78 is 7.65. The van der Waals surface area contributed by atoms with Crippen LogP contribution in [0.25, 0.3) is 22.2 Å². The smallest absolute Gasteiger partial charge is 0.195 e. The van der Waals surface area contributed by atoms with Crippen molar-refractivity contribution in [1.29, 1.82) is 0 Å². The van der Waals surface area contributed by atoms with E-state index in [2.05, 4.69) is 13.5 Å². The van der Waals surface area contributed by atoms with Crippen molar-refractivity contribution in [2.75, 3.05) is 6.61 Å². The minimum atomic E-state index is 0.0526. The second-order valence-corrected chi connectivity index (χ2v) is 5.84. The van der Waals surface area contributed by atoms with Gasteiger partial charge in [-0.1, -0.05) is 38.2 Å². The van der Waals surface area contributed by atoms with Gasteiger partial charge in [-0.15, -0.1) is 11.3 Å². The summed E-state index contributed by atoms with van der Waals surface area (Å²) in [6.45, 7) is 8.48. The molecule has 1 aromatic heterocycles. The highest BCUT2D eigenvalue weighted by Crippen LogP contribution is 2.19. The molecule has 2 aromatic rings. The lowest BCUT2D eigenvalue weighted by Gasteiger charge is -2.06. The SMILES string of the molecule is C=C/C=c1/c(=O)c2ccc(OCCCC)cc2s/c1=C/C. The van der Waals surface area contributed by atoms with Crippen LogP contribution in [-0.2, 0) is 0 Å². The van der Waals surface area contributed by atoms with Gasteiger partial charge in [-0.05, 0) is 31.5 Å². The van der Waals surface area contributed by atoms with Gasteiger partial charge in [0.2, 0.25) is 0 Å². The van der Waals surface area contributed by atoms with Crippen molar-refractivity contribution in [3.63, 3.8) is 0 Å². The molecule has 21 heavy (non-hydrogen) atoms. The number of rotatable bonds is 5. The van der Waals surface area contributed by atoms with Crippen molar-refractivity contribution in [1.82, 2.24) is 0 Å². The molecule has 0 unspecified atom stereocenters. The fourth-order valence-corrected chi connectivity index (χ4v) is 3.19. The van der Waals surface area contributed by atoms with E-state index < -0.39 is 0 Å². The van der Waals surface area contributed by atoms with Crippen LogP contribution in [0.4, 0.5) is 0 Å². The minimum Gasteiger partial charge on any atom is -0.494 e. The van der Waals surface area contributed by atoms with Crippen molar-refractivity contribution in [3.8, 4) is 5.75 Å². The topological polar surface area (TPSA) is 26.3 Å². The Hall–Kier alpha value is -1.87. The summed E-state index contributed by atoms with van der Waals surface area (Å²) in [5, 5.41) is 1.45. The maximum Gasteiger partial charge on any atom is 0.195 e. The van der Waals surface area contributed by atoms with Crippen LogP contribution in [0.1, 0.15) is 26.7 Å². The van der Waals surface area contributed by atoms with Gasteiger partial charge in [0, 0.05) is 19.8 Å². The molecule has 2 nitrogen and oxygen atoms in total. The Labute approximate surface area is 128 Å². The van der Waals surface area contributed by atoms with Gasteiger partial charge in [-0.25, -0.2) is 0 Å². The van der Waals surface area contributed by atoms with Gasteiger partial charge >= 0.3 is 0 Å². The number of hydrogen-bond donors (Lipinski definition) is 0. The van der Waals surface area contributed by atoms with Crippen LogP contribution in [0, 0.1) is 0 Å². The van der Waals surface area contributed by atoms with Gasteiger partial charge < -0.3 is 4.74 Å². The molecule has 0 aliphatic carbocycles. The Morgan fingerprint density at radius 3 is 2.86 bits per heavy atom. The highest BCUT2D eigenvalue weighted by molar-refractivity contribution is 7.16. The van der Waals surface area contributed by atoms with Crippen LogP contribution in [0.15, 0.2) is 35.6 Å². The molecule has 2 rings (SSSR count). The van der Waals surface area contributed by atoms with Crippen molar-refractivity contribution in [3.05, 3.63) is 50.8 Å². The molecule has 3 heteroatoms. The van der Waals surface area contributed by atoms with Crippen molar-refractivity contribution < 1.29 is 4.74 Å². The zero-order valence-electron chi connectivity index (χ0n) is 12.5. The van der Waals surface area contributed by atoms with Gasteiger partial charge in [0.1, 0.15) is 5.75 Å². The van der Waals surface area contributed by atoms with E-state index in [-0.39, 0.29) is 5.43 Å². The molecule has 0 bridgehead atoms. The van der Waals surface area contributed by atoms with Gasteiger partial charge in [0.05, 0.1) is 6.61 Å². The maximum atomic E-state index is 12.5. The maximum absolute atomic E-state index is 12.5. The Morgan fingerprint density at radius 2 is 2.19 bits per heavy atom. The molecule has 110 valence electrons. The third-order valence-electron chi connectivity index (χ3n) is 3.24. The lowest BCUT2D eigenvalue weighted by atomic mass is 10.2. The van der Waals surface area contributed by atoms with Crippen LogP contribution < -0.4 is 19.9 Å². The monoisotopic (exact) mass is 300 g/mol. The van der Waals surface area contributed by atoms with Crippen molar-refractivity contribution in [2.45, 2.75) is 26.7 Å². The van der Waals surface area contributed by atoms with E-state index in [1.807, 2.05) is 31.2 Å². The first-order valence-corrected chi connectivity index (χ1v) is 8.01. The van der Waals surface area contributed by atoms with E-state index in [1.165, 1.54) is 0 Å². The average Bonchev–Trinajstić information content (AvgIpc) is 2.50. The van der Waals surface area contributed by atoms with E-state index in [1.54, 1.807) is 23.5 Å². The Kier molecular flexibility index (Phi) is 5.34. The summed E-state index contributed by atoms with van der Waals surface area (Å²) in [7, 11) is 0. The average molecular weight is 300 g/mol. The minimum absolute atomic E-state index is 0.0526. The molecule has 1 aromatic carbocycles.